The second-order valence-electron chi connectivity index (χ2n) is 4.29. The van der Waals surface area contributed by atoms with Gasteiger partial charge in [0.2, 0.25) is 10.0 Å². The summed E-state index contributed by atoms with van der Waals surface area (Å²) in [6.45, 7) is 0.0568. The normalized spacial score (nSPS) is 11.5. The lowest BCUT2D eigenvalue weighted by atomic mass is 10.2. The highest BCUT2D eigenvalue weighted by Gasteiger charge is 2.18. The van der Waals surface area contributed by atoms with E-state index in [2.05, 4.69) is 9.82 Å². The number of sulfonamides is 1. The van der Waals surface area contributed by atoms with Gasteiger partial charge < -0.3 is 5.11 Å². The summed E-state index contributed by atoms with van der Waals surface area (Å²) in [5.41, 5.74) is 0.425. The van der Waals surface area contributed by atoms with Gasteiger partial charge in [-0.1, -0.05) is 11.6 Å². The monoisotopic (exact) mass is 329 g/mol. The largest absolute Gasteiger partial charge is 0.478 e. The number of aromatic carboxylic acids is 1. The third kappa shape index (κ3) is 3.60. The fourth-order valence-electron chi connectivity index (χ4n) is 1.66. The van der Waals surface area contributed by atoms with Crippen LogP contribution in [0.4, 0.5) is 0 Å². The Hall–Kier alpha value is -1.90. The molecule has 0 radical (unpaired) electrons. The molecule has 0 saturated heterocycles. The molecule has 112 valence electrons. The first-order valence-corrected chi connectivity index (χ1v) is 7.66. The van der Waals surface area contributed by atoms with E-state index in [1.165, 1.54) is 18.3 Å². The number of aryl methyl sites for hydroxylation is 1. The molecule has 0 fully saturated rings. The maximum atomic E-state index is 12.1. The summed E-state index contributed by atoms with van der Waals surface area (Å²) in [7, 11) is -2.11. The Morgan fingerprint density at radius 1 is 1.48 bits per heavy atom. The van der Waals surface area contributed by atoms with Crippen molar-refractivity contribution < 1.29 is 18.3 Å². The van der Waals surface area contributed by atoms with Crippen molar-refractivity contribution in [2.24, 2.45) is 7.05 Å². The molecular weight excluding hydrogens is 318 g/mol. The van der Waals surface area contributed by atoms with Gasteiger partial charge in [-0.05, 0) is 18.2 Å². The molecule has 21 heavy (non-hydrogen) atoms. The minimum atomic E-state index is -3.83. The van der Waals surface area contributed by atoms with Gasteiger partial charge in [0.1, 0.15) is 0 Å². The van der Waals surface area contributed by atoms with Gasteiger partial charge in [0.25, 0.3) is 0 Å². The van der Waals surface area contributed by atoms with Crippen LogP contribution in [0.2, 0.25) is 5.02 Å². The lowest BCUT2D eigenvalue weighted by Gasteiger charge is -2.07. The van der Waals surface area contributed by atoms with E-state index >= 15 is 0 Å². The van der Waals surface area contributed by atoms with Crippen LogP contribution in [0.3, 0.4) is 0 Å². The highest BCUT2D eigenvalue weighted by molar-refractivity contribution is 7.89. The van der Waals surface area contributed by atoms with E-state index in [0.29, 0.717) is 5.56 Å². The van der Waals surface area contributed by atoms with E-state index in [0.717, 1.165) is 6.07 Å². The molecule has 1 aromatic heterocycles. The average Bonchev–Trinajstić information content (AvgIpc) is 2.82. The van der Waals surface area contributed by atoms with Crippen molar-refractivity contribution in [3.8, 4) is 0 Å². The van der Waals surface area contributed by atoms with Crippen molar-refractivity contribution in [1.29, 1.82) is 0 Å². The highest BCUT2D eigenvalue weighted by atomic mass is 35.5. The fourth-order valence-corrected chi connectivity index (χ4v) is 2.90. The number of aromatic nitrogens is 2. The number of rotatable bonds is 5. The minimum Gasteiger partial charge on any atom is -0.478 e. The first-order chi connectivity index (χ1) is 9.79. The van der Waals surface area contributed by atoms with Crippen molar-refractivity contribution in [2.45, 2.75) is 11.4 Å². The van der Waals surface area contributed by atoms with Crippen LogP contribution in [0, 0.1) is 0 Å². The number of halogens is 1. The van der Waals surface area contributed by atoms with Crippen LogP contribution in [0.25, 0.3) is 0 Å². The summed E-state index contributed by atoms with van der Waals surface area (Å²) >= 11 is 5.71. The summed E-state index contributed by atoms with van der Waals surface area (Å²) in [5.74, 6) is -1.29. The van der Waals surface area contributed by atoms with E-state index < -0.39 is 16.0 Å². The van der Waals surface area contributed by atoms with Gasteiger partial charge in [-0.3, -0.25) is 4.68 Å². The van der Waals surface area contributed by atoms with Gasteiger partial charge in [-0.15, -0.1) is 0 Å². The smallest absolute Gasteiger partial charge is 0.337 e. The van der Waals surface area contributed by atoms with Crippen LogP contribution >= 0.6 is 11.6 Å². The van der Waals surface area contributed by atoms with E-state index in [1.807, 2.05) is 0 Å². The van der Waals surface area contributed by atoms with Crippen molar-refractivity contribution in [3.05, 3.63) is 46.7 Å². The molecule has 9 heteroatoms. The zero-order valence-electron chi connectivity index (χ0n) is 10.9. The average molecular weight is 330 g/mol. The number of carboxylic acid groups (broad SMARTS) is 1. The second kappa shape index (κ2) is 5.84. The Morgan fingerprint density at radius 3 is 2.76 bits per heavy atom. The molecule has 0 atom stereocenters. The molecule has 0 aliphatic rings. The summed E-state index contributed by atoms with van der Waals surface area (Å²) in [6.07, 6.45) is 3.21. The predicted octanol–water partition coefficient (Wildman–Crippen LogP) is 1.25. The number of nitrogens with zero attached hydrogens (tertiary/aromatic N) is 2. The summed E-state index contributed by atoms with van der Waals surface area (Å²) < 4.78 is 28.2. The van der Waals surface area contributed by atoms with Crippen molar-refractivity contribution in [1.82, 2.24) is 14.5 Å². The molecule has 7 nitrogen and oxygen atoms in total. The van der Waals surface area contributed by atoms with Crippen LogP contribution in [-0.2, 0) is 23.6 Å². The van der Waals surface area contributed by atoms with Crippen LogP contribution in [0.5, 0.6) is 0 Å². The van der Waals surface area contributed by atoms with Gasteiger partial charge in [0.15, 0.2) is 0 Å². The molecule has 0 spiro atoms. The molecule has 0 amide bonds. The molecule has 0 bridgehead atoms. The van der Waals surface area contributed by atoms with Gasteiger partial charge in [-0.2, -0.15) is 5.10 Å². The first kappa shape index (κ1) is 15.5. The van der Waals surface area contributed by atoms with Crippen molar-refractivity contribution >= 4 is 27.6 Å². The second-order valence-corrected chi connectivity index (χ2v) is 6.47. The van der Waals surface area contributed by atoms with Gasteiger partial charge in [0, 0.05) is 25.4 Å². The molecule has 1 heterocycles. The van der Waals surface area contributed by atoms with Crippen LogP contribution in [-0.4, -0.2) is 29.3 Å². The molecule has 1 aromatic carbocycles. The summed E-state index contributed by atoms with van der Waals surface area (Å²) in [5, 5.41) is 12.9. The first-order valence-electron chi connectivity index (χ1n) is 5.79. The maximum absolute atomic E-state index is 12.1. The molecule has 2 aromatic rings. The number of hydrogen-bond acceptors (Lipinski definition) is 4. The molecule has 0 unspecified atom stereocenters. The molecule has 2 N–H and O–H groups in total. The maximum Gasteiger partial charge on any atom is 0.337 e. The lowest BCUT2D eigenvalue weighted by molar-refractivity contribution is 0.0697. The Labute approximate surface area is 126 Å². The van der Waals surface area contributed by atoms with E-state index in [4.69, 9.17) is 16.7 Å². The Morgan fingerprint density at radius 2 is 2.19 bits per heavy atom. The van der Waals surface area contributed by atoms with Gasteiger partial charge in [0.05, 0.1) is 21.7 Å². The standard InChI is InChI=1S/C12H12ClN3O4S/c1-16-7-8(5-14-16)6-15-21(19,20)9-2-3-11(13)10(4-9)12(17)18/h2-5,7,15H,6H2,1H3,(H,17,18). The molecule has 0 aliphatic heterocycles. The quantitative estimate of drug-likeness (QED) is 0.859. The molecule has 0 aliphatic carbocycles. The number of nitrogens with one attached hydrogen (secondary N) is 1. The van der Waals surface area contributed by atoms with E-state index in [9.17, 15) is 13.2 Å². The Balaban J connectivity index is 2.23. The number of carbonyl (C=O) groups is 1. The molecular formula is C12H12ClN3O4S. The SMILES string of the molecule is Cn1cc(CNS(=O)(=O)c2ccc(Cl)c(C(=O)O)c2)cn1. The van der Waals surface area contributed by atoms with Crippen LogP contribution < -0.4 is 4.72 Å². The topological polar surface area (TPSA) is 101 Å². The fraction of sp³-hybridized carbons (Fsp3) is 0.167. The van der Waals surface area contributed by atoms with Gasteiger partial charge >= 0.3 is 5.97 Å². The molecule has 0 saturated carbocycles. The van der Waals surface area contributed by atoms with Crippen LogP contribution in [0.1, 0.15) is 15.9 Å². The van der Waals surface area contributed by atoms with E-state index in [-0.39, 0.29) is 22.0 Å². The zero-order chi connectivity index (χ0) is 15.6. The van der Waals surface area contributed by atoms with E-state index in [1.54, 1.807) is 17.9 Å². The summed E-state index contributed by atoms with van der Waals surface area (Å²) in [6, 6.07) is 3.51. The van der Waals surface area contributed by atoms with Crippen molar-refractivity contribution in [3.63, 3.8) is 0 Å². The number of carboxylic acids is 1. The van der Waals surface area contributed by atoms with Crippen LogP contribution in [0.15, 0.2) is 35.5 Å². The number of benzene rings is 1. The minimum absolute atomic E-state index is 0.0197. The summed E-state index contributed by atoms with van der Waals surface area (Å²) in [4.78, 5) is 10.8. The Bertz CT molecular complexity index is 786. The van der Waals surface area contributed by atoms with Gasteiger partial charge in [-0.25, -0.2) is 17.9 Å². The third-order valence-electron chi connectivity index (χ3n) is 2.70. The zero-order valence-corrected chi connectivity index (χ0v) is 12.5. The number of hydrogen-bond donors (Lipinski definition) is 2. The third-order valence-corrected chi connectivity index (χ3v) is 4.43. The lowest BCUT2D eigenvalue weighted by Crippen LogP contribution is -2.23. The van der Waals surface area contributed by atoms with Crippen molar-refractivity contribution in [2.75, 3.05) is 0 Å². The highest BCUT2D eigenvalue weighted by Crippen LogP contribution is 2.20. The molecule has 2 rings (SSSR count). The predicted molar refractivity (Wildman–Crippen MR) is 75.6 cm³/mol. The Kier molecular flexibility index (Phi) is 4.31.